The van der Waals surface area contributed by atoms with E-state index < -0.39 is 0 Å². The van der Waals surface area contributed by atoms with Crippen molar-refractivity contribution in [2.24, 2.45) is 0 Å². The van der Waals surface area contributed by atoms with Crippen LogP contribution in [0, 0.1) is 0 Å². The van der Waals surface area contributed by atoms with Gasteiger partial charge in [0.25, 0.3) is 11.5 Å². The first-order valence-electron chi connectivity index (χ1n) is 13.8. The number of nitrogens with one attached hydrogen (secondary N) is 1. The van der Waals surface area contributed by atoms with Gasteiger partial charge in [-0.25, -0.2) is 4.98 Å². The smallest absolute Gasteiger partial charge is 0.267 e. The van der Waals surface area contributed by atoms with E-state index in [2.05, 4.69) is 17.2 Å². The van der Waals surface area contributed by atoms with Gasteiger partial charge in [-0.3, -0.25) is 18.9 Å². The van der Waals surface area contributed by atoms with Gasteiger partial charge in [0.1, 0.15) is 15.8 Å². The number of aliphatic hydroxyl groups is 1. The maximum Gasteiger partial charge on any atom is 0.267 e. The number of rotatable bonds is 18. The highest BCUT2D eigenvalue weighted by Crippen LogP contribution is 2.33. The summed E-state index contributed by atoms with van der Waals surface area (Å²) < 4.78 is 7.30. The Hall–Kier alpha value is -2.27. The van der Waals surface area contributed by atoms with Crippen molar-refractivity contribution in [3.63, 3.8) is 0 Å². The van der Waals surface area contributed by atoms with Crippen molar-refractivity contribution in [1.29, 1.82) is 0 Å². The first kappa shape index (κ1) is 30.3. The lowest BCUT2D eigenvalue weighted by Crippen LogP contribution is -2.29. The number of amides is 1. The molecule has 2 aromatic heterocycles. The summed E-state index contributed by atoms with van der Waals surface area (Å²) in [6.07, 6.45) is 15.6. The Morgan fingerprint density at radius 2 is 1.76 bits per heavy atom. The monoisotopic (exact) mass is 560 g/mol. The predicted molar refractivity (Wildman–Crippen MR) is 160 cm³/mol. The Morgan fingerprint density at radius 3 is 2.47 bits per heavy atom. The van der Waals surface area contributed by atoms with E-state index in [9.17, 15) is 9.59 Å². The first-order chi connectivity index (χ1) is 18.6. The van der Waals surface area contributed by atoms with Crippen LogP contribution in [0.4, 0.5) is 5.82 Å². The van der Waals surface area contributed by atoms with Gasteiger partial charge in [-0.2, -0.15) is 0 Å². The minimum atomic E-state index is -0.269. The highest BCUT2D eigenvalue weighted by molar-refractivity contribution is 8.26. The fourth-order valence-corrected chi connectivity index (χ4v) is 5.65. The molecule has 1 amide bonds. The average Bonchev–Trinajstić information content (AvgIpc) is 3.18. The Kier molecular flexibility index (Phi) is 13.3. The van der Waals surface area contributed by atoms with E-state index in [4.69, 9.17) is 22.1 Å². The van der Waals surface area contributed by atoms with Gasteiger partial charge in [-0.1, -0.05) is 94.8 Å². The van der Waals surface area contributed by atoms with Crippen molar-refractivity contribution < 1.29 is 14.6 Å². The summed E-state index contributed by atoms with van der Waals surface area (Å²) in [5.41, 5.74) is 0.534. The molecule has 2 N–H and O–H groups in total. The summed E-state index contributed by atoms with van der Waals surface area (Å²) >= 11 is 6.74. The summed E-state index contributed by atoms with van der Waals surface area (Å²) in [5.74, 6) is 0.222. The number of hydrogen-bond acceptors (Lipinski definition) is 8. The predicted octanol–water partition coefficient (Wildman–Crippen LogP) is 5.24. The quantitative estimate of drug-likeness (QED) is 0.145. The standard InChI is InChI=1S/C28H40N4O4S2/c1-2-3-4-5-6-7-8-9-10-12-17-32-27(35)23(38-28(32)37)21-22-25(29-15-19-36-20-18-33)30-24-14-11-13-16-31(24)26(22)34/h11,13-14,16,21,29,33H,2-10,12,15,17-20H2,1H3/b23-21+. The molecule has 1 aliphatic heterocycles. The van der Waals surface area contributed by atoms with Gasteiger partial charge in [-0.15, -0.1) is 0 Å². The second kappa shape index (κ2) is 16.6. The van der Waals surface area contributed by atoms with Crippen LogP contribution in [0.3, 0.4) is 0 Å². The van der Waals surface area contributed by atoms with Crippen LogP contribution >= 0.6 is 24.0 Å². The molecule has 1 aliphatic rings. The third kappa shape index (κ3) is 8.90. The summed E-state index contributed by atoms with van der Waals surface area (Å²) in [4.78, 5) is 33.2. The number of unbranched alkanes of at least 4 members (excludes halogenated alkanes) is 9. The number of anilines is 1. The molecule has 0 spiro atoms. The van der Waals surface area contributed by atoms with Crippen LogP contribution in [0.15, 0.2) is 34.1 Å². The van der Waals surface area contributed by atoms with E-state index in [1.165, 1.54) is 67.5 Å². The Morgan fingerprint density at radius 1 is 1.05 bits per heavy atom. The summed E-state index contributed by atoms with van der Waals surface area (Å²) in [7, 11) is 0. The number of thiocarbonyl (C=S) groups is 1. The van der Waals surface area contributed by atoms with E-state index in [1.54, 1.807) is 29.3 Å². The molecule has 0 saturated carbocycles. The van der Waals surface area contributed by atoms with Crippen LogP contribution in [0.5, 0.6) is 0 Å². The van der Waals surface area contributed by atoms with E-state index in [0.717, 1.165) is 12.8 Å². The second-order valence-corrected chi connectivity index (χ2v) is 11.1. The topological polar surface area (TPSA) is 96.2 Å². The molecule has 1 saturated heterocycles. The maximum absolute atomic E-state index is 13.3. The van der Waals surface area contributed by atoms with E-state index in [1.807, 2.05) is 6.07 Å². The number of aliphatic hydroxyl groups excluding tert-OH is 1. The van der Waals surface area contributed by atoms with Gasteiger partial charge in [0, 0.05) is 19.3 Å². The molecule has 3 rings (SSSR count). The molecule has 208 valence electrons. The molecule has 1 fully saturated rings. The molecular weight excluding hydrogens is 520 g/mol. The molecule has 0 aromatic carbocycles. The number of ether oxygens (including phenoxy) is 1. The number of fused-ring (bicyclic) bond motifs is 1. The minimum absolute atomic E-state index is 0.0538. The molecule has 0 atom stereocenters. The molecule has 10 heteroatoms. The van der Waals surface area contributed by atoms with E-state index >= 15 is 0 Å². The third-order valence-corrected chi connectivity index (χ3v) is 7.81. The van der Waals surface area contributed by atoms with Crippen LogP contribution in [0.25, 0.3) is 11.7 Å². The van der Waals surface area contributed by atoms with Gasteiger partial charge >= 0.3 is 0 Å². The van der Waals surface area contributed by atoms with Crippen LogP contribution in [0.1, 0.15) is 76.7 Å². The molecule has 8 nitrogen and oxygen atoms in total. The summed E-state index contributed by atoms with van der Waals surface area (Å²) in [6, 6.07) is 5.33. The lowest BCUT2D eigenvalue weighted by Gasteiger charge is -2.14. The molecule has 2 aromatic rings. The molecule has 38 heavy (non-hydrogen) atoms. The normalized spacial score (nSPS) is 14.8. The zero-order chi connectivity index (χ0) is 27.2. The van der Waals surface area contributed by atoms with E-state index in [-0.39, 0.29) is 24.7 Å². The SMILES string of the molecule is CCCCCCCCCCCCN1C(=O)/C(=C\c2c(NCCOCCO)nc3ccccn3c2=O)SC1=S. The second-order valence-electron chi connectivity index (χ2n) is 9.39. The van der Waals surface area contributed by atoms with Gasteiger partial charge in [0.15, 0.2) is 0 Å². The van der Waals surface area contributed by atoms with Gasteiger partial charge < -0.3 is 15.2 Å². The zero-order valence-electron chi connectivity index (χ0n) is 22.3. The van der Waals surface area contributed by atoms with Crippen LogP contribution in [-0.4, -0.2) is 62.5 Å². The Balaban J connectivity index is 1.61. The lowest BCUT2D eigenvalue weighted by atomic mass is 10.1. The van der Waals surface area contributed by atoms with Gasteiger partial charge in [0.2, 0.25) is 0 Å². The number of hydrogen-bond donors (Lipinski definition) is 2. The Bertz CT molecular complexity index is 1150. The highest BCUT2D eigenvalue weighted by atomic mass is 32.2. The number of carbonyl (C=O) groups is 1. The molecule has 0 unspecified atom stereocenters. The minimum Gasteiger partial charge on any atom is -0.394 e. The fraction of sp³-hybridized carbons (Fsp3) is 0.571. The number of thioether (sulfide) groups is 1. The van der Waals surface area contributed by atoms with Gasteiger partial charge in [0.05, 0.1) is 30.3 Å². The number of nitrogens with zero attached hydrogens (tertiary/aromatic N) is 3. The lowest BCUT2D eigenvalue weighted by molar-refractivity contribution is -0.122. The van der Waals surface area contributed by atoms with Crippen LogP contribution < -0.4 is 10.9 Å². The molecule has 3 heterocycles. The Labute approximate surface area is 234 Å². The maximum atomic E-state index is 13.3. The average molecular weight is 561 g/mol. The molecular formula is C28H40N4O4S2. The number of aromatic nitrogens is 2. The van der Waals surface area contributed by atoms with Crippen molar-refractivity contribution in [3.8, 4) is 0 Å². The molecule has 0 bridgehead atoms. The third-order valence-electron chi connectivity index (χ3n) is 6.43. The molecule has 0 aliphatic carbocycles. The fourth-order valence-electron chi connectivity index (χ4n) is 4.36. The number of pyridine rings is 1. The summed E-state index contributed by atoms with van der Waals surface area (Å²) in [6.45, 7) is 3.77. The zero-order valence-corrected chi connectivity index (χ0v) is 24.0. The largest absolute Gasteiger partial charge is 0.394 e. The van der Waals surface area contributed by atoms with Gasteiger partial charge in [-0.05, 0) is 24.6 Å². The first-order valence-corrected chi connectivity index (χ1v) is 15.0. The number of carbonyl (C=O) groups excluding carboxylic acids is 1. The van der Waals surface area contributed by atoms with Crippen molar-refractivity contribution in [2.75, 3.05) is 38.2 Å². The van der Waals surface area contributed by atoms with Crippen molar-refractivity contribution in [1.82, 2.24) is 14.3 Å². The van der Waals surface area contributed by atoms with Crippen molar-refractivity contribution in [3.05, 3.63) is 45.2 Å². The van der Waals surface area contributed by atoms with Crippen LogP contribution in [0.2, 0.25) is 0 Å². The van der Waals surface area contributed by atoms with Crippen LogP contribution in [-0.2, 0) is 9.53 Å². The molecule has 0 radical (unpaired) electrons. The van der Waals surface area contributed by atoms with Crippen molar-refractivity contribution >= 4 is 51.7 Å². The summed E-state index contributed by atoms with van der Waals surface area (Å²) in [5, 5.41) is 12.0. The van der Waals surface area contributed by atoms with Crippen molar-refractivity contribution in [2.45, 2.75) is 71.1 Å². The highest BCUT2D eigenvalue weighted by Gasteiger charge is 2.32. The van der Waals surface area contributed by atoms with E-state index in [0.29, 0.717) is 46.0 Å².